The van der Waals surface area contributed by atoms with Gasteiger partial charge < -0.3 is 0 Å². The van der Waals surface area contributed by atoms with Crippen molar-refractivity contribution in [3.63, 3.8) is 0 Å². The highest BCUT2D eigenvalue weighted by Crippen LogP contribution is 1.93. The minimum absolute atomic E-state index is 0.133. The molecule has 0 saturated heterocycles. The van der Waals surface area contributed by atoms with E-state index in [9.17, 15) is 12.6 Å². The molecule has 0 amide bonds. The zero-order valence-corrected chi connectivity index (χ0v) is 9.87. The van der Waals surface area contributed by atoms with Gasteiger partial charge >= 0.3 is 0 Å². The van der Waals surface area contributed by atoms with Crippen LogP contribution < -0.4 is 4.72 Å². The van der Waals surface area contributed by atoms with Crippen molar-refractivity contribution in [1.82, 2.24) is 4.72 Å². The van der Waals surface area contributed by atoms with E-state index in [0.717, 1.165) is 0 Å². The summed E-state index contributed by atoms with van der Waals surface area (Å²) in [5.74, 6) is 0.497. The standard InChI is InChI=1S/C7H17NO3S2/c1-4-5-13(10,11)8-7(2)6-12(3)9/h7-8H,4-6H2,1-3H3. The summed E-state index contributed by atoms with van der Waals surface area (Å²) < 4.78 is 35.7. The van der Waals surface area contributed by atoms with Gasteiger partial charge in [-0.05, 0) is 13.3 Å². The Morgan fingerprint density at radius 1 is 1.46 bits per heavy atom. The molecule has 0 aliphatic rings. The first-order valence-corrected chi connectivity index (χ1v) is 7.55. The molecule has 4 nitrogen and oxygen atoms in total. The van der Waals surface area contributed by atoms with E-state index in [1.54, 1.807) is 13.2 Å². The van der Waals surface area contributed by atoms with E-state index in [1.165, 1.54) is 0 Å². The largest absolute Gasteiger partial charge is 0.260 e. The second-order valence-corrected chi connectivity index (χ2v) is 6.43. The molecule has 1 N–H and O–H groups in total. The molecule has 0 rings (SSSR count). The molecule has 0 spiro atoms. The van der Waals surface area contributed by atoms with Crippen molar-refractivity contribution < 1.29 is 12.6 Å². The second-order valence-electron chi connectivity index (χ2n) is 3.08. The maximum absolute atomic E-state index is 11.2. The molecule has 0 aliphatic heterocycles. The van der Waals surface area contributed by atoms with Crippen LogP contribution in [0, 0.1) is 0 Å². The number of sulfonamides is 1. The predicted octanol–water partition coefficient (Wildman–Crippen LogP) is 0.0828. The molecule has 0 bridgehead atoms. The molecule has 0 aromatic rings. The lowest BCUT2D eigenvalue weighted by atomic mass is 10.4. The molecule has 0 aliphatic carbocycles. The molecule has 0 saturated carbocycles. The third-order valence-electron chi connectivity index (χ3n) is 1.34. The molecule has 80 valence electrons. The zero-order valence-electron chi connectivity index (χ0n) is 8.24. The molecule has 2 atom stereocenters. The fourth-order valence-corrected chi connectivity index (χ4v) is 3.26. The van der Waals surface area contributed by atoms with Gasteiger partial charge in [0.2, 0.25) is 10.0 Å². The Hall–Kier alpha value is 0.0600. The summed E-state index contributed by atoms with van der Waals surface area (Å²) in [7, 11) is -4.12. The van der Waals surface area contributed by atoms with E-state index in [2.05, 4.69) is 4.72 Å². The Morgan fingerprint density at radius 2 is 2.00 bits per heavy atom. The average Bonchev–Trinajstić information content (AvgIpc) is 1.81. The van der Waals surface area contributed by atoms with Crippen LogP contribution in [0.3, 0.4) is 0 Å². The number of nitrogens with one attached hydrogen (secondary N) is 1. The van der Waals surface area contributed by atoms with Gasteiger partial charge in [0.05, 0.1) is 5.75 Å². The molecule has 2 unspecified atom stereocenters. The predicted molar refractivity (Wildman–Crippen MR) is 55.6 cm³/mol. The Balaban J connectivity index is 4.04. The molecule has 13 heavy (non-hydrogen) atoms. The Morgan fingerprint density at radius 3 is 2.38 bits per heavy atom. The van der Waals surface area contributed by atoms with Crippen LogP contribution in [-0.2, 0) is 20.8 Å². The fourth-order valence-electron chi connectivity index (χ4n) is 1.02. The van der Waals surface area contributed by atoms with Crippen LogP contribution in [0.1, 0.15) is 20.3 Å². The molecule has 0 fully saturated rings. The summed E-state index contributed by atoms with van der Waals surface area (Å²) in [5.41, 5.74) is 0. The number of hydrogen-bond donors (Lipinski definition) is 1. The topological polar surface area (TPSA) is 63.2 Å². The summed E-state index contributed by atoms with van der Waals surface area (Å²) >= 11 is 0. The first kappa shape index (κ1) is 13.1. The Labute approximate surface area is 82.6 Å². The Bertz CT molecular complexity index is 261. The maximum Gasteiger partial charge on any atom is 0.211 e. The molecule has 6 heteroatoms. The van der Waals surface area contributed by atoms with Gasteiger partial charge in [-0.25, -0.2) is 13.1 Å². The molecule has 0 radical (unpaired) electrons. The summed E-state index contributed by atoms with van der Waals surface area (Å²) in [6.45, 7) is 3.52. The van der Waals surface area contributed by atoms with E-state index < -0.39 is 20.8 Å². The fraction of sp³-hybridized carbons (Fsp3) is 1.00. The minimum atomic E-state index is -3.16. The molecule has 0 aromatic heterocycles. The SMILES string of the molecule is CCCS(=O)(=O)NC(C)CS(C)=O. The van der Waals surface area contributed by atoms with Gasteiger partial charge in [0, 0.05) is 28.9 Å². The molecular formula is C7H17NO3S2. The minimum Gasteiger partial charge on any atom is -0.260 e. The Kier molecular flexibility index (Phi) is 5.75. The van der Waals surface area contributed by atoms with Crippen LogP contribution in [0.2, 0.25) is 0 Å². The van der Waals surface area contributed by atoms with Gasteiger partial charge in [-0.2, -0.15) is 0 Å². The summed E-state index contributed by atoms with van der Waals surface area (Å²) in [6, 6.07) is -0.248. The van der Waals surface area contributed by atoms with Crippen molar-refractivity contribution in [3.05, 3.63) is 0 Å². The van der Waals surface area contributed by atoms with Gasteiger partial charge in [-0.1, -0.05) is 6.92 Å². The smallest absolute Gasteiger partial charge is 0.211 e. The zero-order chi connectivity index (χ0) is 10.5. The van der Waals surface area contributed by atoms with Gasteiger partial charge in [0.1, 0.15) is 0 Å². The lowest BCUT2D eigenvalue weighted by molar-refractivity contribution is 0.569. The summed E-state index contributed by atoms with van der Waals surface area (Å²) in [6.07, 6.45) is 2.15. The van der Waals surface area contributed by atoms with Crippen LogP contribution in [0.25, 0.3) is 0 Å². The van der Waals surface area contributed by atoms with E-state index in [0.29, 0.717) is 12.2 Å². The summed E-state index contributed by atoms with van der Waals surface area (Å²) in [4.78, 5) is 0. The van der Waals surface area contributed by atoms with Crippen LogP contribution in [0.15, 0.2) is 0 Å². The van der Waals surface area contributed by atoms with Crippen LogP contribution in [-0.4, -0.2) is 36.4 Å². The summed E-state index contributed by atoms with van der Waals surface area (Å²) in [5, 5.41) is 0. The van der Waals surface area contributed by atoms with E-state index >= 15 is 0 Å². The highest BCUT2D eigenvalue weighted by atomic mass is 32.2. The van der Waals surface area contributed by atoms with Crippen molar-refractivity contribution in [2.75, 3.05) is 17.8 Å². The quantitative estimate of drug-likeness (QED) is 0.699. The van der Waals surface area contributed by atoms with E-state index in [1.807, 2.05) is 6.92 Å². The van der Waals surface area contributed by atoms with Gasteiger partial charge in [0.15, 0.2) is 0 Å². The van der Waals surface area contributed by atoms with Crippen molar-refractivity contribution in [2.45, 2.75) is 26.3 Å². The lowest BCUT2D eigenvalue weighted by Crippen LogP contribution is -2.37. The normalized spacial score (nSPS) is 16.8. The van der Waals surface area contributed by atoms with Crippen LogP contribution in [0.5, 0.6) is 0 Å². The maximum atomic E-state index is 11.2. The second kappa shape index (κ2) is 5.72. The van der Waals surface area contributed by atoms with E-state index in [-0.39, 0.29) is 11.8 Å². The number of rotatable bonds is 6. The van der Waals surface area contributed by atoms with Gasteiger partial charge in [-0.3, -0.25) is 4.21 Å². The third-order valence-corrected chi connectivity index (χ3v) is 4.01. The number of hydrogen-bond acceptors (Lipinski definition) is 3. The first-order chi connectivity index (χ1) is 5.87. The average molecular weight is 227 g/mol. The highest BCUT2D eigenvalue weighted by molar-refractivity contribution is 7.89. The van der Waals surface area contributed by atoms with Gasteiger partial charge in [-0.15, -0.1) is 0 Å². The van der Waals surface area contributed by atoms with E-state index in [4.69, 9.17) is 0 Å². The van der Waals surface area contributed by atoms with Crippen molar-refractivity contribution in [2.24, 2.45) is 0 Å². The lowest BCUT2D eigenvalue weighted by Gasteiger charge is -2.11. The third kappa shape index (κ3) is 7.16. The van der Waals surface area contributed by atoms with Crippen molar-refractivity contribution in [3.8, 4) is 0 Å². The van der Waals surface area contributed by atoms with Crippen molar-refractivity contribution >= 4 is 20.8 Å². The molecular weight excluding hydrogens is 210 g/mol. The molecule has 0 heterocycles. The first-order valence-electron chi connectivity index (χ1n) is 4.17. The van der Waals surface area contributed by atoms with Crippen LogP contribution in [0.4, 0.5) is 0 Å². The highest BCUT2D eigenvalue weighted by Gasteiger charge is 2.13. The molecule has 0 aromatic carbocycles. The van der Waals surface area contributed by atoms with Crippen LogP contribution >= 0.6 is 0 Å². The van der Waals surface area contributed by atoms with Crippen molar-refractivity contribution in [1.29, 1.82) is 0 Å². The monoisotopic (exact) mass is 227 g/mol. The van der Waals surface area contributed by atoms with Gasteiger partial charge in [0.25, 0.3) is 0 Å².